The lowest BCUT2D eigenvalue weighted by atomic mass is 10.1. The van der Waals surface area contributed by atoms with Crippen LogP contribution in [-0.4, -0.2) is 22.3 Å². The molecule has 0 saturated carbocycles. The van der Waals surface area contributed by atoms with Crippen molar-refractivity contribution in [1.29, 1.82) is 0 Å². The van der Waals surface area contributed by atoms with Crippen molar-refractivity contribution < 1.29 is 9.13 Å². The number of methoxy groups -OCH3 is 1. The summed E-state index contributed by atoms with van der Waals surface area (Å²) in [6.07, 6.45) is 0.398. The average Bonchev–Trinajstić information content (AvgIpc) is 2.64. The van der Waals surface area contributed by atoms with Gasteiger partial charge < -0.3 is 4.74 Å². The molecular weight excluding hydrogens is 341 g/mol. The maximum atomic E-state index is 12.9. The Morgan fingerprint density at radius 2 is 1.72 bits per heavy atom. The van der Waals surface area contributed by atoms with E-state index in [1.54, 1.807) is 19.2 Å². The van der Waals surface area contributed by atoms with Crippen molar-refractivity contribution in [2.24, 2.45) is 0 Å². The standard InChI is InChI=1S/C18H16FN3O2S/c1-24-15-8-4-12(5-9-15)10-16-17(23)20-18(22-21-16)25-11-13-2-6-14(19)7-3-13/h2-9H,10-11H2,1H3,(H,20,22,23). The van der Waals surface area contributed by atoms with Crippen LogP contribution in [0, 0.1) is 5.82 Å². The zero-order valence-electron chi connectivity index (χ0n) is 13.5. The Balaban J connectivity index is 1.65. The highest BCUT2D eigenvalue weighted by atomic mass is 32.2. The molecule has 0 bridgehead atoms. The SMILES string of the molecule is COc1ccc(Cc2nnc(SCc3ccc(F)cc3)[nH]c2=O)cc1. The molecule has 0 spiro atoms. The van der Waals surface area contributed by atoms with Gasteiger partial charge in [-0.25, -0.2) is 4.39 Å². The molecule has 2 aromatic carbocycles. The summed E-state index contributed by atoms with van der Waals surface area (Å²) in [7, 11) is 1.60. The van der Waals surface area contributed by atoms with Gasteiger partial charge in [0.05, 0.1) is 7.11 Å². The fourth-order valence-corrected chi connectivity index (χ4v) is 2.95. The van der Waals surface area contributed by atoms with Crippen LogP contribution >= 0.6 is 11.8 Å². The normalized spacial score (nSPS) is 10.6. The van der Waals surface area contributed by atoms with Gasteiger partial charge in [0.2, 0.25) is 0 Å². The van der Waals surface area contributed by atoms with Crippen LogP contribution in [0.2, 0.25) is 0 Å². The van der Waals surface area contributed by atoms with Crippen molar-refractivity contribution in [3.63, 3.8) is 0 Å². The third-order valence-corrected chi connectivity index (χ3v) is 4.50. The second-order valence-electron chi connectivity index (χ2n) is 5.35. The molecule has 1 aromatic heterocycles. The van der Waals surface area contributed by atoms with E-state index in [4.69, 9.17) is 4.74 Å². The summed E-state index contributed by atoms with van der Waals surface area (Å²) < 4.78 is 18.0. The highest BCUT2D eigenvalue weighted by Gasteiger charge is 2.07. The van der Waals surface area contributed by atoms with Crippen LogP contribution < -0.4 is 10.3 Å². The molecule has 0 aliphatic rings. The minimum Gasteiger partial charge on any atom is -0.497 e. The molecule has 0 aliphatic heterocycles. The largest absolute Gasteiger partial charge is 0.497 e. The molecule has 25 heavy (non-hydrogen) atoms. The molecule has 128 valence electrons. The number of nitrogens with zero attached hydrogens (tertiary/aromatic N) is 2. The van der Waals surface area contributed by atoms with Crippen molar-refractivity contribution in [2.45, 2.75) is 17.3 Å². The maximum absolute atomic E-state index is 12.9. The van der Waals surface area contributed by atoms with Crippen LogP contribution in [0.4, 0.5) is 4.39 Å². The van der Waals surface area contributed by atoms with Gasteiger partial charge in [-0.2, -0.15) is 0 Å². The van der Waals surface area contributed by atoms with Gasteiger partial charge in [0.1, 0.15) is 17.3 Å². The van der Waals surface area contributed by atoms with Crippen LogP contribution in [0.5, 0.6) is 5.75 Å². The molecule has 0 fully saturated rings. The van der Waals surface area contributed by atoms with E-state index in [-0.39, 0.29) is 11.4 Å². The van der Waals surface area contributed by atoms with Gasteiger partial charge in [-0.3, -0.25) is 9.78 Å². The summed E-state index contributed by atoms with van der Waals surface area (Å²) in [6, 6.07) is 13.7. The molecule has 3 rings (SSSR count). The third kappa shape index (κ3) is 4.67. The number of aromatic nitrogens is 3. The maximum Gasteiger partial charge on any atom is 0.273 e. The monoisotopic (exact) mass is 357 g/mol. The Bertz CT molecular complexity index is 895. The van der Waals surface area contributed by atoms with Crippen LogP contribution in [0.1, 0.15) is 16.8 Å². The minimum absolute atomic E-state index is 0.257. The van der Waals surface area contributed by atoms with E-state index in [9.17, 15) is 9.18 Å². The van der Waals surface area contributed by atoms with E-state index in [2.05, 4.69) is 15.2 Å². The predicted molar refractivity (Wildman–Crippen MR) is 94.4 cm³/mol. The topological polar surface area (TPSA) is 67.9 Å². The molecule has 0 radical (unpaired) electrons. The van der Waals surface area contributed by atoms with E-state index in [1.807, 2.05) is 24.3 Å². The van der Waals surface area contributed by atoms with Gasteiger partial charge in [-0.15, -0.1) is 10.2 Å². The first-order chi connectivity index (χ1) is 12.1. The highest BCUT2D eigenvalue weighted by Crippen LogP contribution is 2.18. The number of thioether (sulfide) groups is 1. The average molecular weight is 357 g/mol. The first-order valence-electron chi connectivity index (χ1n) is 7.60. The Hall–Kier alpha value is -2.67. The molecule has 0 saturated heterocycles. The summed E-state index contributed by atoms with van der Waals surface area (Å²) in [5, 5.41) is 8.54. The number of nitrogens with one attached hydrogen (secondary N) is 1. The lowest BCUT2D eigenvalue weighted by Crippen LogP contribution is -2.17. The van der Waals surface area contributed by atoms with E-state index in [0.717, 1.165) is 16.9 Å². The van der Waals surface area contributed by atoms with Crippen molar-refractivity contribution in [3.05, 3.63) is 81.5 Å². The van der Waals surface area contributed by atoms with Crippen LogP contribution in [0.3, 0.4) is 0 Å². The molecule has 1 N–H and O–H groups in total. The summed E-state index contributed by atoms with van der Waals surface area (Å²) in [6.45, 7) is 0. The summed E-state index contributed by atoms with van der Waals surface area (Å²) in [5.41, 5.74) is 1.99. The summed E-state index contributed by atoms with van der Waals surface area (Å²) in [5.74, 6) is 1.06. The quantitative estimate of drug-likeness (QED) is 0.686. The second kappa shape index (κ2) is 7.94. The number of rotatable bonds is 6. The smallest absolute Gasteiger partial charge is 0.273 e. The first kappa shape index (κ1) is 17.2. The van der Waals surface area contributed by atoms with Crippen LogP contribution in [-0.2, 0) is 12.2 Å². The molecule has 0 atom stereocenters. The molecule has 7 heteroatoms. The van der Waals surface area contributed by atoms with E-state index < -0.39 is 0 Å². The van der Waals surface area contributed by atoms with E-state index >= 15 is 0 Å². The van der Waals surface area contributed by atoms with Crippen LogP contribution in [0.25, 0.3) is 0 Å². The zero-order chi connectivity index (χ0) is 17.6. The number of benzene rings is 2. The number of hydrogen-bond donors (Lipinski definition) is 1. The number of halogens is 1. The second-order valence-corrected chi connectivity index (χ2v) is 6.31. The molecule has 0 amide bonds. The number of ether oxygens (including phenoxy) is 1. The predicted octanol–water partition coefficient (Wildman–Crippen LogP) is 3.20. The number of hydrogen-bond acceptors (Lipinski definition) is 5. The lowest BCUT2D eigenvalue weighted by Gasteiger charge is -2.04. The van der Waals surface area contributed by atoms with Gasteiger partial charge in [0.15, 0.2) is 5.16 Å². The van der Waals surface area contributed by atoms with Gasteiger partial charge in [0, 0.05) is 12.2 Å². The molecule has 0 unspecified atom stereocenters. The third-order valence-electron chi connectivity index (χ3n) is 3.56. The summed E-state index contributed by atoms with van der Waals surface area (Å²) in [4.78, 5) is 14.9. The fourth-order valence-electron chi connectivity index (χ4n) is 2.20. The van der Waals surface area contributed by atoms with Crippen molar-refractivity contribution in [1.82, 2.24) is 15.2 Å². The van der Waals surface area contributed by atoms with Crippen molar-refractivity contribution in [2.75, 3.05) is 7.11 Å². The number of aromatic amines is 1. The van der Waals surface area contributed by atoms with Crippen LogP contribution in [0.15, 0.2) is 58.5 Å². The van der Waals surface area contributed by atoms with Gasteiger partial charge in [-0.1, -0.05) is 36.0 Å². The van der Waals surface area contributed by atoms with Gasteiger partial charge in [0.25, 0.3) is 5.56 Å². The fraction of sp³-hybridized carbons (Fsp3) is 0.167. The molecule has 5 nitrogen and oxygen atoms in total. The van der Waals surface area contributed by atoms with E-state index in [1.165, 1.54) is 23.9 Å². The van der Waals surface area contributed by atoms with Gasteiger partial charge in [-0.05, 0) is 35.4 Å². The molecule has 3 aromatic rings. The molecular formula is C18H16FN3O2S. The zero-order valence-corrected chi connectivity index (χ0v) is 14.3. The Morgan fingerprint density at radius 3 is 2.36 bits per heavy atom. The highest BCUT2D eigenvalue weighted by molar-refractivity contribution is 7.98. The molecule has 0 aliphatic carbocycles. The van der Waals surface area contributed by atoms with Crippen molar-refractivity contribution >= 4 is 11.8 Å². The Morgan fingerprint density at radius 1 is 1.04 bits per heavy atom. The van der Waals surface area contributed by atoms with Crippen molar-refractivity contribution in [3.8, 4) is 5.75 Å². The molecule has 1 heterocycles. The van der Waals surface area contributed by atoms with Gasteiger partial charge >= 0.3 is 0 Å². The summed E-state index contributed by atoms with van der Waals surface area (Å²) >= 11 is 1.35. The lowest BCUT2D eigenvalue weighted by molar-refractivity contribution is 0.414. The first-order valence-corrected chi connectivity index (χ1v) is 8.58. The minimum atomic E-state index is -0.273. The Labute approximate surface area is 148 Å². The van der Waals surface area contributed by atoms with E-state index in [0.29, 0.717) is 23.0 Å². The Kier molecular flexibility index (Phi) is 5.45. The number of H-pyrrole nitrogens is 1.